The number of hydrogen-bond donors (Lipinski definition) is 3. The van der Waals surface area contributed by atoms with E-state index in [-0.39, 0.29) is 18.0 Å². The molecule has 0 aromatic rings. The van der Waals surface area contributed by atoms with Crippen LogP contribution in [0, 0.1) is 0 Å². The monoisotopic (exact) mass is 296 g/mol. The summed E-state index contributed by atoms with van der Waals surface area (Å²) in [4.78, 5) is 25.1. The first-order chi connectivity index (χ1) is 10.2. The number of carbonyl (C=O) groups excluding carboxylic acids is 2. The van der Waals surface area contributed by atoms with Crippen molar-refractivity contribution in [3.05, 3.63) is 0 Å². The lowest BCUT2D eigenvalue weighted by Gasteiger charge is -2.23. The molecule has 1 saturated carbocycles. The SMILES string of the molecule is O=C(C[NH+]1CCCCCCC1)NC(=O)NC1CCCCC1. The van der Waals surface area contributed by atoms with E-state index in [1.807, 2.05) is 0 Å². The van der Waals surface area contributed by atoms with E-state index in [4.69, 9.17) is 0 Å². The van der Waals surface area contributed by atoms with Gasteiger partial charge in [-0.15, -0.1) is 0 Å². The van der Waals surface area contributed by atoms with Gasteiger partial charge < -0.3 is 10.2 Å². The number of likely N-dealkylation sites (tertiary alicyclic amines) is 1. The summed E-state index contributed by atoms with van der Waals surface area (Å²) >= 11 is 0. The molecule has 3 amide bonds. The van der Waals surface area contributed by atoms with Crippen LogP contribution >= 0.6 is 0 Å². The van der Waals surface area contributed by atoms with E-state index in [2.05, 4.69) is 10.6 Å². The summed E-state index contributed by atoms with van der Waals surface area (Å²) in [6.45, 7) is 2.54. The van der Waals surface area contributed by atoms with Gasteiger partial charge in [-0.05, 0) is 38.5 Å². The number of amides is 3. The van der Waals surface area contributed by atoms with Crippen molar-refractivity contribution >= 4 is 11.9 Å². The van der Waals surface area contributed by atoms with Crippen LogP contribution in [0.2, 0.25) is 0 Å². The topological polar surface area (TPSA) is 62.6 Å². The van der Waals surface area contributed by atoms with E-state index in [0.29, 0.717) is 6.54 Å². The van der Waals surface area contributed by atoms with Crippen molar-refractivity contribution in [2.45, 2.75) is 70.3 Å². The Kier molecular flexibility index (Phi) is 7.00. The van der Waals surface area contributed by atoms with Crippen molar-refractivity contribution < 1.29 is 14.5 Å². The fourth-order valence-electron chi connectivity index (χ4n) is 3.45. The van der Waals surface area contributed by atoms with Gasteiger partial charge in [0.1, 0.15) is 0 Å². The maximum absolute atomic E-state index is 12.0. The maximum atomic E-state index is 12.0. The predicted molar refractivity (Wildman–Crippen MR) is 82.2 cm³/mol. The zero-order chi connectivity index (χ0) is 14.9. The molecule has 120 valence electrons. The van der Waals surface area contributed by atoms with Gasteiger partial charge in [0.2, 0.25) is 0 Å². The van der Waals surface area contributed by atoms with E-state index in [1.165, 1.54) is 56.3 Å². The Hall–Kier alpha value is -1.10. The summed E-state index contributed by atoms with van der Waals surface area (Å²) in [6, 6.07) is -0.0565. The molecule has 0 radical (unpaired) electrons. The average molecular weight is 296 g/mol. The summed E-state index contributed by atoms with van der Waals surface area (Å²) in [5.74, 6) is -0.140. The van der Waals surface area contributed by atoms with Crippen molar-refractivity contribution in [3.63, 3.8) is 0 Å². The van der Waals surface area contributed by atoms with Crippen LogP contribution in [0.4, 0.5) is 4.79 Å². The molecule has 2 aliphatic rings. The third kappa shape index (κ3) is 6.46. The third-order valence-electron chi connectivity index (χ3n) is 4.66. The Labute approximate surface area is 127 Å². The van der Waals surface area contributed by atoms with Crippen LogP contribution in [0.15, 0.2) is 0 Å². The Morgan fingerprint density at radius 3 is 2.10 bits per heavy atom. The molecule has 3 N–H and O–H groups in total. The first kappa shape index (κ1) is 16.3. The number of urea groups is 1. The highest BCUT2D eigenvalue weighted by Gasteiger charge is 2.20. The quantitative estimate of drug-likeness (QED) is 0.727. The van der Waals surface area contributed by atoms with Gasteiger partial charge in [-0.3, -0.25) is 10.1 Å². The normalized spacial score (nSPS) is 22.1. The lowest BCUT2D eigenvalue weighted by Crippen LogP contribution is -3.13. The lowest BCUT2D eigenvalue weighted by atomic mass is 9.96. The van der Waals surface area contributed by atoms with Crippen LogP contribution in [-0.2, 0) is 4.79 Å². The fraction of sp³-hybridized carbons (Fsp3) is 0.875. The molecular weight excluding hydrogens is 266 g/mol. The summed E-state index contributed by atoms with van der Waals surface area (Å²) in [5.41, 5.74) is 0. The van der Waals surface area contributed by atoms with Gasteiger partial charge in [0.25, 0.3) is 5.91 Å². The van der Waals surface area contributed by atoms with Gasteiger partial charge in [-0.1, -0.05) is 25.7 Å². The molecule has 0 atom stereocenters. The van der Waals surface area contributed by atoms with Gasteiger partial charge in [-0.2, -0.15) is 0 Å². The summed E-state index contributed by atoms with van der Waals surface area (Å²) < 4.78 is 0. The zero-order valence-electron chi connectivity index (χ0n) is 13.1. The van der Waals surface area contributed by atoms with Gasteiger partial charge >= 0.3 is 6.03 Å². The lowest BCUT2D eigenvalue weighted by molar-refractivity contribution is -0.893. The van der Waals surface area contributed by atoms with Crippen molar-refractivity contribution in [2.24, 2.45) is 0 Å². The Bertz CT molecular complexity index is 332. The van der Waals surface area contributed by atoms with E-state index >= 15 is 0 Å². The van der Waals surface area contributed by atoms with E-state index in [9.17, 15) is 9.59 Å². The Morgan fingerprint density at radius 2 is 1.43 bits per heavy atom. The highest BCUT2D eigenvalue weighted by Crippen LogP contribution is 2.17. The minimum Gasteiger partial charge on any atom is -0.335 e. The molecule has 21 heavy (non-hydrogen) atoms. The number of carbonyl (C=O) groups is 2. The third-order valence-corrected chi connectivity index (χ3v) is 4.66. The Balaban J connectivity index is 1.66. The molecule has 5 nitrogen and oxygen atoms in total. The molecular formula is C16H30N3O2+. The smallest absolute Gasteiger partial charge is 0.321 e. The van der Waals surface area contributed by atoms with Gasteiger partial charge in [0.15, 0.2) is 6.54 Å². The molecule has 2 rings (SSSR count). The highest BCUT2D eigenvalue weighted by atomic mass is 16.2. The van der Waals surface area contributed by atoms with Crippen LogP contribution in [0.3, 0.4) is 0 Å². The van der Waals surface area contributed by atoms with Crippen molar-refractivity contribution in [2.75, 3.05) is 19.6 Å². The number of hydrogen-bond acceptors (Lipinski definition) is 2. The van der Waals surface area contributed by atoms with Crippen molar-refractivity contribution in [1.29, 1.82) is 0 Å². The number of rotatable bonds is 3. The van der Waals surface area contributed by atoms with Crippen molar-refractivity contribution in [1.82, 2.24) is 10.6 Å². The van der Waals surface area contributed by atoms with E-state index in [1.54, 1.807) is 0 Å². The molecule has 2 fully saturated rings. The minimum absolute atomic E-state index is 0.140. The number of imide groups is 1. The number of nitrogens with one attached hydrogen (secondary N) is 3. The van der Waals surface area contributed by atoms with Crippen LogP contribution in [0.25, 0.3) is 0 Å². The molecule has 0 aromatic heterocycles. The second-order valence-corrected chi connectivity index (χ2v) is 6.55. The molecule has 0 bridgehead atoms. The number of quaternary nitrogens is 1. The van der Waals surface area contributed by atoms with Crippen LogP contribution in [-0.4, -0.2) is 37.6 Å². The second kappa shape index (κ2) is 9.03. The largest absolute Gasteiger partial charge is 0.335 e. The van der Waals surface area contributed by atoms with Crippen molar-refractivity contribution in [3.8, 4) is 0 Å². The highest BCUT2D eigenvalue weighted by molar-refractivity contribution is 5.94. The van der Waals surface area contributed by atoms with Crippen LogP contribution < -0.4 is 15.5 Å². The molecule has 5 heteroatoms. The fourth-order valence-corrected chi connectivity index (χ4v) is 3.45. The summed E-state index contributed by atoms with van der Waals surface area (Å²) in [6.07, 6.45) is 11.9. The van der Waals surface area contributed by atoms with Crippen LogP contribution in [0.1, 0.15) is 64.2 Å². The maximum Gasteiger partial charge on any atom is 0.321 e. The van der Waals surface area contributed by atoms with E-state index in [0.717, 1.165) is 25.9 Å². The molecule has 1 aliphatic heterocycles. The molecule has 0 aromatic carbocycles. The second-order valence-electron chi connectivity index (χ2n) is 6.55. The molecule has 1 heterocycles. The summed E-state index contributed by atoms with van der Waals surface area (Å²) in [7, 11) is 0. The molecule has 0 unspecified atom stereocenters. The molecule has 1 aliphatic carbocycles. The predicted octanol–water partition coefficient (Wildman–Crippen LogP) is 0.994. The van der Waals surface area contributed by atoms with Crippen LogP contribution in [0.5, 0.6) is 0 Å². The minimum atomic E-state index is -0.307. The van der Waals surface area contributed by atoms with E-state index < -0.39 is 0 Å². The Morgan fingerprint density at radius 1 is 0.857 bits per heavy atom. The molecule has 1 saturated heterocycles. The zero-order valence-corrected chi connectivity index (χ0v) is 13.1. The van der Waals surface area contributed by atoms with Gasteiger partial charge in [0, 0.05) is 6.04 Å². The summed E-state index contributed by atoms with van der Waals surface area (Å²) in [5, 5.41) is 5.43. The average Bonchev–Trinajstić information content (AvgIpc) is 2.42. The standard InChI is InChI=1S/C16H29N3O2/c20-15(13-19-11-7-2-1-3-8-12-19)18-16(21)17-14-9-5-4-6-10-14/h14H,1-13H2,(H2,17,18,20,21)/p+1. The van der Waals surface area contributed by atoms with Gasteiger partial charge in [-0.25, -0.2) is 4.79 Å². The van der Waals surface area contributed by atoms with Gasteiger partial charge in [0.05, 0.1) is 13.1 Å². The first-order valence-corrected chi connectivity index (χ1v) is 8.68. The molecule has 0 spiro atoms. The first-order valence-electron chi connectivity index (χ1n) is 8.68.